The van der Waals surface area contributed by atoms with Crippen LogP contribution in [-0.2, 0) is 9.47 Å². The standard InChI is InChI=1S/C27H40O4/c1-16-9-11-27(30-15-16)18(3)25-24(31-27)14-22-19(6-5-10-26(22,25)4)7-8-20-12-21(28)13-23(29)17(20)2/h7-8,16,18,21-25,28-29H,2,5-6,9-15H2,1,3-4H3/b19-7+,20-8-/t16-,18+,21-,22?,23+,24?,25?,26+,27-/m1/s1. The minimum Gasteiger partial charge on any atom is -0.393 e. The highest BCUT2D eigenvalue weighted by atomic mass is 16.7. The van der Waals surface area contributed by atoms with Crippen LogP contribution in [0.5, 0.6) is 0 Å². The van der Waals surface area contributed by atoms with Crippen LogP contribution >= 0.6 is 0 Å². The van der Waals surface area contributed by atoms with Gasteiger partial charge in [-0.2, -0.15) is 0 Å². The molecule has 3 aliphatic carbocycles. The zero-order chi connectivity index (χ0) is 22.0. The van der Waals surface area contributed by atoms with Gasteiger partial charge in [0.15, 0.2) is 5.79 Å². The molecule has 31 heavy (non-hydrogen) atoms. The predicted molar refractivity (Wildman–Crippen MR) is 121 cm³/mol. The van der Waals surface area contributed by atoms with Crippen LogP contribution in [0.3, 0.4) is 0 Å². The lowest BCUT2D eigenvalue weighted by molar-refractivity contribution is -0.271. The van der Waals surface area contributed by atoms with Crippen LogP contribution in [0.2, 0.25) is 0 Å². The molecular formula is C27H40O4. The average Bonchev–Trinajstić information content (AvgIpc) is 3.17. The molecule has 1 spiro atoms. The van der Waals surface area contributed by atoms with Crippen molar-refractivity contribution in [3.8, 4) is 0 Å². The van der Waals surface area contributed by atoms with Crippen LogP contribution in [-0.4, -0.2) is 40.9 Å². The molecule has 5 aliphatic rings. The molecule has 0 amide bonds. The van der Waals surface area contributed by atoms with E-state index in [-0.39, 0.29) is 11.2 Å². The summed E-state index contributed by atoms with van der Waals surface area (Å²) in [5, 5.41) is 20.3. The van der Waals surface area contributed by atoms with Crippen molar-refractivity contribution in [1.82, 2.24) is 0 Å². The van der Waals surface area contributed by atoms with Gasteiger partial charge < -0.3 is 19.7 Å². The van der Waals surface area contributed by atoms with Crippen molar-refractivity contribution in [2.24, 2.45) is 29.1 Å². The topological polar surface area (TPSA) is 58.9 Å². The highest BCUT2D eigenvalue weighted by molar-refractivity contribution is 5.39. The maximum atomic E-state index is 10.2. The Labute approximate surface area is 187 Å². The molecule has 3 saturated carbocycles. The van der Waals surface area contributed by atoms with Crippen LogP contribution in [0.25, 0.3) is 0 Å². The number of fused-ring (bicyclic) bond motifs is 3. The second-order valence-electron chi connectivity index (χ2n) is 11.5. The summed E-state index contributed by atoms with van der Waals surface area (Å²) in [6.45, 7) is 12.0. The number of rotatable bonds is 1. The SMILES string of the molecule is C=C1/C(=C\C=C2/CCC[C@@]3(C)C2CC2O[C@]4(CC[C@@H](C)CO4)[C@@H](C)C23)C[C@@H](O)C[C@@H]1O. The first-order valence-corrected chi connectivity index (χ1v) is 12.5. The van der Waals surface area contributed by atoms with E-state index in [9.17, 15) is 10.2 Å². The molecule has 172 valence electrons. The van der Waals surface area contributed by atoms with Gasteiger partial charge in [0.1, 0.15) is 0 Å². The molecule has 0 aromatic carbocycles. The van der Waals surface area contributed by atoms with E-state index in [0.717, 1.165) is 37.0 Å². The number of hydrogen-bond donors (Lipinski definition) is 2. The van der Waals surface area contributed by atoms with Crippen LogP contribution in [0.15, 0.2) is 35.5 Å². The Kier molecular flexibility index (Phi) is 5.53. The van der Waals surface area contributed by atoms with Gasteiger partial charge in [0.05, 0.1) is 24.9 Å². The van der Waals surface area contributed by atoms with Gasteiger partial charge in [-0.1, -0.05) is 45.1 Å². The molecule has 2 heterocycles. The zero-order valence-electron chi connectivity index (χ0n) is 19.5. The van der Waals surface area contributed by atoms with Gasteiger partial charge in [0.2, 0.25) is 0 Å². The van der Waals surface area contributed by atoms with Crippen molar-refractivity contribution in [3.05, 3.63) is 35.5 Å². The van der Waals surface area contributed by atoms with Gasteiger partial charge in [0, 0.05) is 18.8 Å². The fourth-order valence-corrected chi connectivity index (χ4v) is 7.72. The molecule has 0 radical (unpaired) electrons. The summed E-state index contributed by atoms with van der Waals surface area (Å²) in [4.78, 5) is 0. The molecule has 5 rings (SSSR count). The lowest BCUT2D eigenvalue weighted by atomic mass is 9.60. The van der Waals surface area contributed by atoms with Crippen LogP contribution < -0.4 is 0 Å². The summed E-state index contributed by atoms with van der Waals surface area (Å²) < 4.78 is 13.2. The fourth-order valence-electron chi connectivity index (χ4n) is 7.72. The Balaban J connectivity index is 1.38. The molecule has 3 unspecified atom stereocenters. The zero-order valence-corrected chi connectivity index (χ0v) is 19.5. The third-order valence-electron chi connectivity index (χ3n) is 9.50. The third kappa shape index (κ3) is 3.49. The first kappa shape index (κ1) is 21.9. The molecule has 0 aromatic rings. The summed E-state index contributed by atoms with van der Waals surface area (Å²) in [7, 11) is 0. The van der Waals surface area contributed by atoms with E-state index in [0.29, 0.717) is 42.6 Å². The Morgan fingerprint density at radius 3 is 2.68 bits per heavy atom. The number of ether oxygens (including phenoxy) is 2. The highest BCUT2D eigenvalue weighted by Gasteiger charge is 2.65. The normalized spacial score (nSPS) is 52.7. The lowest BCUT2D eigenvalue weighted by Gasteiger charge is -2.46. The van der Waals surface area contributed by atoms with E-state index in [1.807, 2.05) is 0 Å². The van der Waals surface area contributed by atoms with Crippen LogP contribution in [0.1, 0.15) is 72.1 Å². The Morgan fingerprint density at radius 2 is 1.94 bits per heavy atom. The number of hydrogen-bond acceptors (Lipinski definition) is 4. The van der Waals surface area contributed by atoms with Gasteiger partial charge in [0.25, 0.3) is 0 Å². The summed E-state index contributed by atoms with van der Waals surface area (Å²) in [5.74, 6) is 1.80. The first-order valence-electron chi connectivity index (χ1n) is 12.5. The quantitative estimate of drug-likeness (QED) is 0.623. The van der Waals surface area contributed by atoms with Crippen molar-refractivity contribution in [2.45, 2.75) is 96.2 Å². The van der Waals surface area contributed by atoms with Gasteiger partial charge in [-0.3, -0.25) is 0 Å². The highest BCUT2D eigenvalue weighted by Crippen LogP contribution is 2.66. The predicted octanol–water partition coefficient (Wildman–Crippen LogP) is 4.92. The molecule has 2 N–H and O–H groups in total. The van der Waals surface area contributed by atoms with E-state index in [1.165, 1.54) is 24.8 Å². The van der Waals surface area contributed by atoms with Crippen LogP contribution in [0.4, 0.5) is 0 Å². The number of aliphatic hydroxyl groups is 2. The fraction of sp³-hybridized carbons (Fsp3) is 0.778. The monoisotopic (exact) mass is 428 g/mol. The summed E-state index contributed by atoms with van der Waals surface area (Å²) in [5.41, 5.74) is 3.54. The molecule has 4 nitrogen and oxygen atoms in total. The minimum absolute atomic E-state index is 0.255. The second kappa shape index (κ2) is 7.83. The molecule has 0 bridgehead atoms. The largest absolute Gasteiger partial charge is 0.393 e. The van der Waals surface area contributed by atoms with E-state index in [4.69, 9.17) is 9.47 Å². The Bertz CT molecular complexity index is 789. The Hall–Kier alpha value is -0.940. The van der Waals surface area contributed by atoms with Gasteiger partial charge >= 0.3 is 0 Å². The number of allylic oxidation sites excluding steroid dienone is 3. The summed E-state index contributed by atoms with van der Waals surface area (Å²) in [6.07, 6.45) is 11.5. The van der Waals surface area contributed by atoms with Crippen molar-refractivity contribution in [1.29, 1.82) is 0 Å². The van der Waals surface area contributed by atoms with Crippen molar-refractivity contribution in [2.75, 3.05) is 6.61 Å². The molecule has 2 aliphatic heterocycles. The molecule has 0 aromatic heterocycles. The van der Waals surface area contributed by atoms with Crippen LogP contribution in [0, 0.1) is 29.1 Å². The second-order valence-corrected chi connectivity index (χ2v) is 11.5. The average molecular weight is 429 g/mol. The third-order valence-corrected chi connectivity index (χ3v) is 9.50. The molecule has 4 heteroatoms. The van der Waals surface area contributed by atoms with E-state index >= 15 is 0 Å². The maximum absolute atomic E-state index is 10.2. The van der Waals surface area contributed by atoms with Gasteiger partial charge in [-0.15, -0.1) is 0 Å². The van der Waals surface area contributed by atoms with Crippen molar-refractivity contribution < 1.29 is 19.7 Å². The smallest absolute Gasteiger partial charge is 0.171 e. The minimum atomic E-state index is -0.625. The van der Waals surface area contributed by atoms with Crippen molar-refractivity contribution in [3.63, 3.8) is 0 Å². The van der Waals surface area contributed by atoms with E-state index in [1.54, 1.807) is 0 Å². The van der Waals surface area contributed by atoms with Crippen molar-refractivity contribution >= 4 is 0 Å². The molecule has 5 fully saturated rings. The van der Waals surface area contributed by atoms with Gasteiger partial charge in [-0.05, 0) is 72.8 Å². The van der Waals surface area contributed by atoms with E-state index < -0.39 is 12.2 Å². The molecular weight excluding hydrogens is 388 g/mol. The lowest BCUT2D eigenvalue weighted by Crippen LogP contribution is -2.46. The first-order chi connectivity index (χ1) is 14.7. The van der Waals surface area contributed by atoms with Gasteiger partial charge in [-0.25, -0.2) is 0 Å². The van der Waals surface area contributed by atoms with E-state index in [2.05, 4.69) is 39.5 Å². The summed E-state index contributed by atoms with van der Waals surface area (Å²) >= 11 is 0. The number of aliphatic hydroxyl groups excluding tert-OH is 2. The molecule has 2 saturated heterocycles. The summed E-state index contributed by atoms with van der Waals surface area (Å²) in [6, 6.07) is 0. The maximum Gasteiger partial charge on any atom is 0.171 e. The molecule has 9 atom stereocenters. The Morgan fingerprint density at radius 1 is 1.13 bits per heavy atom.